The van der Waals surface area contributed by atoms with Crippen LogP contribution in [0, 0.1) is 6.92 Å². The summed E-state index contributed by atoms with van der Waals surface area (Å²) in [6.45, 7) is 9.18. The average molecular weight is 376 g/mol. The quantitative estimate of drug-likeness (QED) is 0.789. The lowest BCUT2D eigenvalue weighted by Gasteiger charge is -2.33. The van der Waals surface area contributed by atoms with E-state index in [2.05, 4.69) is 17.1 Å². The third-order valence-electron chi connectivity index (χ3n) is 4.72. The molecule has 3 rings (SSSR count). The van der Waals surface area contributed by atoms with Crippen LogP contribution in [0.25, 0.3) is 11.3 Å². The van der Waals surface area contributed by atoms with Gasteiger partial charge in [-0.05, 0) is 58.2 Å². The van der Waals surface area contributed by atoms with E-state index in [1.807, 2.05) is 45.0 Å². The SMILES string of the molecule is Cc1c(-c2ccc(Cl)cc2)n[nH]c1C1CCN(C(=O)OC(C)(C)C)CC1. The number of ether oxygens (including phenoxy) is 1. The first-order valence-electron chi connectivity index (χ1n) is 9.03. The number of benzene rings is 1. The van der Waals surface area contributed by atoms with Gasteiger partial charge in [-0.25, -0.2) is 4.79 Å². The lowest BCUT2D eigenvalue weighted by Crippen LogP contribution is -2.41. The molecule has 1 aliphatic heterocycles. The number of nitrogens with zero attached hydrogens (tertiary/aromatic N) is 2. The molecule has 0 bridgehead atoms. The van der Waals surface area contributed by atoms with Crippen LogP contribution in [0.1, 0.15) is 50.8 Å². The van der Waals surface area contributed by atoms with Crippen LogP contribution >= 0.6 is 11.6 Å². The van der Waals surface area contributed by atoms with Gasteiger partial charge in [0.1, 0.15) is 5.60 Å². The number of hydrogen-bond donors (Lipinski definition) is 1. The molecular formula is C20H26ClN3O2. The van der Waals surface area contributed by atoms with Gasteiger partial charge in [0.05, 0.1) is 5.69 Å². The van der Waals surface area contributed by atoms with Crippen molar-refractivity contribution in [3.05, 3.63) is 40.5 Å². The van der Waals surface area contributed by atoms with Crippen LogP contribution in [0.15, 0.2) is 24.3 Å². The molecule has 1 fully saturated rings. The minimum atomic E-state index is -0.457. The third kappa shape index (κ3) is 4.21. The maximum Gasteiger partial charge on any atom is 0.410 e. The fraction of sp³-hybridized carbons (Fsp3) is 0.500. The Morgan fingerprint density at radius 1 is 1.23 bits per heavy atom. The Balaban J connectivity index is 1.67. The molecule has 0 atom stereocenters. The van der Waals surface area contributed by atoms with Crippen LogP contribution in [-0.4, -0.2) is 39.9 Å². The number of aromatic nitrogens is 2. The summed E-state index contributed by atoms with van der Waals surface area (Å²) in [6, 6.07) is 7.73. The standard InChI is InChI=1S/C20H26ClN3O2/c1-13-17(14-5-7-16(21)8-6-14)22-23-18(13)15-9-11-24(12-10-15)19(25)26-20(2,3)4/h5-8,15H,9-12H2,1-4H3,(H,22,23). The number of aromatic amines is 1. The van der Waals surface area contributed by atoms with Crippen LogP contribution in [0.4, 0.5) is 4.79 Å². The van der Waals surface area contributed by atoms with E-state index in [0.717, 1.165) is 29.1 Å². The van der Waals surface area contributed by atoms with Crippen molar-refractivity contribution in [3.63, 3.8) is 0 Å². The highest BCUT2D eigenvalue weighted by molar-refractivity contribution is 6.30. The molecule has 0 radical (unpaired) electrons. The number of hydrogen-bond acceptors (Lipinski definition) is 3. The number of rotatable bonds is 2. The number of amides is 1. The molecule has 1 saturated heterocycles. The molecule has 1 aromatic carbocycles. The maximum atomic E-state index is 12.2. The van der Waals surface area contributed by atoms with Crippen LogP contribution in [-0.2, 0) is 4.74 Å². The smallest absolute Gasteiger partial charge is 0.410 e. The number of carbonyl (C=O) groups excluding carboxylic acids is 1. The third-order valence-corrected chi connectivity index (χ3v) is 4.97. The number of likely N-dealkylation sites (tertiary alicyclic amines) is 1. The minimum Gasteiger partial charge on any atom is -0.444 e. The summed E-state index contributed by atoms with van der Waals surface area (Å²) in [5, 5.41) is 8.46. The second kappa shape index (κ2) is 7.31. The van der Waals surface area contributed by atoms with Crippen molar-refractivity contribution in [2.75, 3.05) is 13.1 Å². The number of nitrogens with one attached hydrogen (secondary N) is 1. The van der Waals surface area contributed by atoms with Crippen molar-refractivity contribution in [1.82, 2.24) is 15.1 Å². The number of H-pyrrole nitrogens is 1. The van der Waals surface area contributed by atoms with Gasteiger partial charge in [0.25, 0.3) is 0 Å². The van der Waals surface area contributed by atoms with Crippen molar-refractivity contribution >= 4 is 17.7 Å². The van der Waals surface area contributed by atoms with Gasteiger partial charge in [-0.15, -0.1) is 0 Å². The normalized spacial score (nSPS) is 16.0. The molecule has 26 heavy (non-hydrogen) atoms. The lowest BCUT2D eigenvalue weighted by atomic mass is 9.90. The molecule has 0 unspecified atom stereocenters. The fourth-order valence-corrected chi connectivity index (χ4v) is 3.50. The van der Waals surface area contributed by atoms with E-state index in [-0.39, 0.29) is 6.09 Å². The van der Waals surface area contributed by atoms with Gasteiger partial charge in [-0.2, -0.15) is 5.10 Å². The molecule has 0 saturated carbocycles. The van der Waals surface area contributed by atoms with Crippen LogP contribution < -0.4 is 0 Å². The predicted octanol–water partition coefficient (Wildman–Crippen LogP) is 5.15. The molecule has 1 N–H and O–H groups in total. The molecule has 2 aromatic rings. The molecule has 6 heteroatoms. The number of carbonyl (C=O) groups is 1. The van der Waals surface area contributed by atoms with Crippen molar-refractivity contribution in [3.8, 4) is 11.3 Å². The summed E-state index contributed by atoms with van der Waals surface area (Å²) in [5.74, 6) is 0.377. The second-order valence-electron chi connectivity index (χ2n) is 7.86. The van der Waals surface area contributed by atoms with Gasteiger partial charge < -0.3 is 9.64 Å². The van der Waals surface area contributed by atoms with E-state index in [1.54, 1.807) is 4.90 Å². The zero-order chi connectivity index (χ0) is 18.9. The zero-order valence-corrected chi connectivity index (χ0v) is 16.6. The van der Waals surface area contributed by atoms with Gasteiger partial charge in [0.2, 0.25) is 0 Å². The first kappa shape index (κ1) is 18.8. The summed E-state index contributed by atoms with van der Waals surface area (Å²) < 4.78 is 5.47. The molecule has 5 nitrogen and oxygen atoms in total. The maximum absolute atomic E-state index is 12.2. The number of piperidine rings is 1. The average Bonchev–Trinajstić information content (AvgIpc) is 2.96. The first-order valence-corrected chi connectivity index (χ1v) is 9.41. The zero-order valence-electron chi connectivity index (χ0n) is 15.8. The van der Waals surface area contributed by atoms with E-state index in [1.165, 1.54) is 11.3 Å². The van der Waals surface area contributed by atoms with Crippen LogP contribution in [0.2, 0.25) is 5.02 Å². The van der Waals surface area contributed by atoms with E-state index >= 15 is 0 Å². The van der Waals surface area contributed by atoms with Gasteiger partial charge in [-0.1, -0.05) is 23.7 Å². The van der Waals surface area contributed by atoms with Gasteiger partial charge in [0, 0.05) is 35.3 Å². The summed E-state index contributed by atoms with van der Waals surface area (Å²) in [6.07, 6.45) is 1.59. The van der Waals surface area contributed by atoms with Gasteiger partial charge >= 0.3 is 6.09 Å². The lowest BCUT2D eigenvalue weighted by molar-refractivity contribution is 0.0204. The van der Waals surface area contributed by atoms with Crippen molar-refractivity contribution in [2.24, 2.45) is 0 Å². The van der Waals surface area contributed by atoms with Gasteiger partial charge in [-0.3, -0.25) is 5.10 Å². The fourth-order valence-electron chi connectivity index (χ4n) is 3.37. The van der Waals surface area contributed by atoms with Crippen molar-refractivity contribution in [1.29, 1.82) is 0 Å². The topological polar surface area (TPSA) is 58.2 Å². The second-order valence-corrected chi connectivity index (χ2v) is 8.30. The molecule has 1 aromatic heterocycles. The molecule has 2 heterocycles. The molecule has 0 aliphatic carbocycles. The molecule has 0 spiro atoms. The molecule has 140 valence electrons. The molecular weight excluding hydrogens is 350 g/mol. The Morgan fingerprint density at radius 2 is 1.85 bits per heavy atom. The van der Waals surface area contributed by atoms with Crippen LogP contribution in [0.5, 0.6) is 0 Å². The summed E-state index contributed by atoms with van der Waals surface area (Å²) in [7, 11) is 0. The summed E-state index contributed by atoms with van der Waals surface area (Å²) in [4.78, 5) is 14.0. The van der Waals surface area contributed by atoms with Crippen molar-refractivity contribution < 1.29 is 9.53 Å². The highest BCUT2D eigenvalue weighted by Gasteiger charge is 2.29. The van der Waals surface area contributed by atoms with Gasteiger partial charge in [0.15, 0.2) is 0 Å². The minimum absolute atomic E-state index is 0.223. The highest BCUT2D eigenvalue weighted by atomic mass is 35.5. The van der Waals surface area contributed by atoms with E-state index < -0.39 is 5.60 Å². The monoisotopic (exact) mass is 375 g/mol. The molecule has 1 aliphatic rings. The van der Waals surface area contributed by atoms with E-state index in [9.17, 15) is 4.79 Å². The van der Waals surface area contributed by atoms with E-state index in [4.69, 9.17) is 16.3 Å². The molecule has 1 amide bonds. The number of halogens is 1. The largest absolute Gasteiger partial charge is 0.444 e. The van der Waals surface area contributed by atoms with E-state index in [0.29, 0.717) is 19.0 Å². The Hall–Kier alpha value is -2.01. The highest BCUT2D eigenvalue weighted by Crippen LogP contribution is 2.33. The Labute approximate surface area is 159 Å². The Morgan fingerprint density at radius 3 is 2.42 bits per heavy atom. The van der Waals surface area contributed by atoms with Crippen LogP contribution in [0.3, 0.4) is 0 Å². The predicted molar refractivity (Wildman–Crippen MR) is 104 cm³/mol. The summed E-state index contributed by atoms with van der Waals surface area (Å²) in [5.41, 5.74) is 3.90. The summed E-state index contributed by atoms with van der Waals surface area (Å²) >= 11 is 5.97. The van der Waals surface area contributed by atoms with Crippen molar-refractivity contribution in [2.45, 2.75) is 52.1 Å². The first-order chi connectivity index (χ1) is 12.2. The Bertz CT molecular complexity index is 769. The Kier molecular flexibility index (Phi) is 5.28.